The van der Waals surface area contributed by atoms with Gasteiger partial charge in [0.2, 0.25) is 5.88 Å². The van der Waals surface area contributed by atoms with Crippen molar-refractivity contribution in [3.63, 3.8) is 0 Å². The van der Waals surface area contributed by atoms with Gasteiger partial charge in [0.15, 0.2) is 0 Å². The number of carbonyl (C=O) groups excluding carboxylic acids is 1. The van der Waals surface area contributed by atoms with Gasteiger partial charge in [-0.3, -0.25) is 4.90 Å². The third-order valence-corrected chi connectivity index (χ3v) is 10.2. The van der Waals surface area contributed by atoms with Crippen LogP contribution in [0.1, 0.15) is 79.7 Å². The standard InChI is InChI=1S/C35H39FN2O4.Na/c1-20(35(39)40)34(23-5-6-23)25-7-4-22-9-12-31(42-32(22)15-25)24-8-11-28(29-16-33(41-2)37-17-30(29)36)26(14-24)19-38-18-21-3-10-27(38)13-21;/h4,7-8,11,14-17,20-21,23,27,31,34H,3,5-6,9-10,12-13,18-19H2,1-2H3,(H,39,40);/q;+1/p-1/t20-,21-,27+,31?,34-;/m0./s1. The zero-order valence-electron chi connectivity index (χ0n) is 25.4. The maximum Gasteiger partial charge on any atom is 1.00 e. The van der Waals surface area contributed by atoms with Crippen LogP contribution in [0.4, 0.5) is 4.39 Å². The second-order valence-corrected chi connectivity index (χ2v) is 12.9. The molecule has 6 nitrogen and oxygen atoms in total. The van der Waals surface area contributed by atoms with E-state index in [-0.39, 0.29) is 47.4 Å². The summed E-state index contributed by atoms with van der Waals surface area (Å²) in [5, 5.41) is 11.8. The Bertz CT molecular complexity index is 1510. The van der Waals surface area contributed by atoms with Crippen molar-refractivity contribution >= 4 is 5.97 Å². The first-order valence-electron chi connectivity index (χ1n) is 15.4. The summed E-state index contributed by atoms with van der Waals surface area (Å²) in [5.74, 6) is 0.430. The number of benzene rings is 2. The molecule has 8 heteroatoms. The maximum atomic E-state index is 15.1. The van der Waals surface area contributed by atoms with Crippen LogP contribution in [0.5, 0.6) is 11.6 Å². The molecule has 1 unspecified atom stereocenters. The van der Waals surface area contributed by atoms with Crippen molar-refractivity contribution in [2.45, 2.75) is 76.5 Å². The first-order valence-corrected chi connectivity index (χ1v) is 15.4. The van der Waals surface area contributed by atoms with Crippen molar-refractivity contribution in [3.8, 4) is 22.8 Å². The SMILES string of the molecule is COc1cc(-c2ccc(C3CCc4ccc([C@H](C5CC5)[C@H](C)C(=O)[O-])cc4O3)cc2CN2C[C@H]3CC[C@@H]2C3)c(F)cn1.[Na+]. The first-order chi connectivity index (χ1) is 20.4. The molecule has 3 fully saturated rings. The predicted molar refractivity (Wildman–Crippen MR) is 155 cm³/mol. The zero-order valence-corrected chi connectivity index (χ0v) is 27.4. The number of hydrogen-bond donors (Lipinski definition) is 0. The van der Waals surface area contributed by atoms with Crippen molar-refractivity contribution in [2.24, 2.45) is 17.8 Å². The van der Waals surface area contributed by atoms with E-state index in [1.54, 1.807) is 20.1 Å². The summed E-state index contributed by atoms with van der Waals surface area (Å²) in [7, 11) is 1.55. The summed E-state index contributed by atoms with van der Waals surface area (Å²) in [6.07, 6.45) is 8.75. The van der Waals surface area contributed by atoms with E-state index < -0.39 is 11.9 Å². The van der Waals surface area contributed by atoms with E-state index in [9.17, 15) is 9.90 Å². The van der Waals surface area contributed by atoms with Gasteiger partial charge in [0.25, 0.3) is 0 Å². The molecular formula is C35H38FN2NaO4. The molecule has 0 amide bonds. The minimum absolute atomic E-state index is 0. The van der Waals surface area contributed by atoms with E-state index in [0.29, 0.717) is 23.4 Å². The van der Waals surface area contributed by atoms with Crippen LogP contribution in [-0.4, -0.2) is 35.5 Å². The summed E-state index contributed by atoms with van der Waals surface area (Å²) >= 11 is 0. The number of nitrogens with zero attached hydrogens (tertiary/aromatic N) is 2. The number of carboxylic acid groups (broad SMARTS) is 1. The molecule has 2 aliphatic carbocycles. The molecule has 0 N–H and O–H groups in total. The third-order valence-electron chi connectivity index (χ3n) is 10.2. The van der Waals surface area contributed by atoms with Gasteiger partial charge in [-0.15, -0.1) is 0 Å². The van der Waals surface area contributed by atoms with E-state index in [2.05, 4.69) is 40.2 Å². The van der Waals surface area contributed by atoms with E-state index in [0.717, 1.165) is 78.3 Å². The number of aromatic nitrogens is 1. The Hall–Kier alpha value is -2.45. The number of halogens is 1. The summed E-state index contributed by atoms with van der Waals surface area (Å²) < 4.78 is 27.1. The molecule has 5 atom stereocenters. The number of hydrogen-bond acceptors (Lipinski definition) is 6. The predicted octanol–water partition coefficient (Wildman–Crippen LogP) is 2.83. The molecule has 1 aromatic heterocycles. The number of ether oxygens (including phenoxy) is 2. The number of piperidine rings is 1. The normalized spacial score (nSPS) is 24.0. The number of aryl methyl sites for hydroxylation is 1. The van der Waals surface area contributed by atoms with Gasteiger partial charge in [0.1, 0.15) is 17.7 Å². The van der Waals surface area contributed by atoms with Crippen LogP contribution in [0.2, 0.25) is 0 Å². The Labute approximate surface area is 275 Å². The summed E-state index contributed by atoms with van der Waals surface area (Å²) in [4.78, 5) is 18.4. The third kappa shape index (κ3) is 6.11. The van der Waals surface area contributed by atoms with Crippen LogP contribution in [-0.2, 0) is 17.8 Å². The van der Waals surface area contributed by atoms with Crippen molar-refractivity contribution in [3.05, 3.63) is 76.7 Å². The van der Waals surface area contributed by atoms with Crippen molar-refractivity contribution < 1.29 is 53.3 Å². The zero-order chi connectivity index (χ0) is 29.0. The van der Waals surface area contributed by atoms with Crippen LogP contribution < -0.4 is 44.1 Å². The molecule has 4 aliphatic rings. The molecule has 43 heavy (non-hydrogen) atoms. The molecule has 1 saturated heterocycles. The largest absolute Gasteiger partial charge is 1.00 e. The summed E-state index contributed by atoms with van der Waals surface area (Å²) in [6, 6.07) is 14.8. The second-order valence-electron chi connectivity index (χ2n) is 12.9. The van der Waals surface area contributed by atoms with Gasteiger partial charge in [-0.2, -0.15) is 0 Å². The van der Waals surface area contributed by atoms with Gasteiger partial charge < -0.3 is 19.4 Å². The molecule has 2 bridgehead atoms. The molecule has 220 valence electrons. The molecule has 7 rings (SSSR count). The van der Waals surface area contributed by atoms with Crippen LogP contribution in [0.15, 0.2) is 48.7 Å². The number of methoxy groups -OCH3 is 1. The Balaban J connectivity index is 0.00000329. The quantitative estimate of drug-likeness (QED) is 0.356. The molecule has 2 saturated carbocycles. The van der Waals surface area contributed by atoms with Gasteiger partial charge in [0.05, 0.1) is 13.3 Å². The number of aliphatic carboxylic acids is 1. The molecule has 3 heterocycles. The molecule has 2 aliphatic heterocycles. The number of carbonyl (C=O) groups is 1. The maximum absolute atomic E-state index is 15.1. The van der Waals surface area contributed by atoms with Crippen molar-refractivity contribution in [1.82, 2.24) is 9.88 Å². The Morgan fingerprint density at radius 3 is 2.65 bits per heavy atom. The summed E-state index contributed by atoms with van der Waals surface area (Å²) in [6.45, 7) is 3.63. The Kier molecular flexibility index (Phi) is 8.89. The number of carboxylic acids is 1. The van der Waals surface area contributed by atoms with Crippen molar-refractivity contribution in [2.75, 3.05) is 13.7 Å². The van der Waals surface area contributed by atoms with Gasteiger partial charge >= 0.3 is 29.6 Å². The van der Waals surface area contributed by atoms with Crippen LogP contribution in [0, 0.1) is 23.6 Å². The molecule has 2 aromatic carbocycles. The molecule has 0 radical (unpaired) electrons. The van der Waals surface area contributed by atoms with Gasteiger partial charge in [-0.1, -0.05) is 37.3 Å². The molecule has 0 spiro atoms. The van der Waals surface area contributed by atoms with Gasteiger partial charge in [-0.05, 0) is 96.6 Å². The van der Waals surface area contributed by atoms with Crippen LogP contribution >= 0.6 is 0 Å². The average molecular weight is 593 g/mol. The van der Waals surface area contributed by atoms with E-state index in [1.165, 1.54) is 25.5 Å². The fourth-order valence-electron chi connectivity index (χ4n) is 7.78. The Morgan fingerprint density at radius 1 is 1.12 bits per heavy atom. The molecular weight excluding hydrogens is 554 g/mol. The first kappa shape index (κ1) is 30.6. The number of fused-ring (bicyclic) bond motifs is 3. The fraction of sp³-hybridized carbons (Fsp3) is 0.486. The van der Waals surface area contributed by atoms with Gasteiger partial charge in [0, 0.05) is 42.6 Å². The second kappa shape index (κ2) is 12.5. The van der Waals surface area contributed by atoms with Crippen molar-refractivity contribution in [1.29, 1.82) is 0 Å². The molecule has 3 aromatic rings. The van der Waals surface area contributed by atoms with E-state index in [4.69, 9.17) is 9.47 Å². The minimum atomic E-state index is -0.995. The fourth-order valence-corrected chi connectivity index (χ4v) is 7.78. The van der Waals surface area contributed by atoms with Crippen LogP contribution in [0.25, 0.3) is 11.1 Å². The van der Waals surface area contributed by atoms with Crippen LogP contribution in [0.3, 0.4) is 0 Å². The monoisotopic (exact) mass is 592 g/mol. The smallest absolute Gasteiger partial charge is 0.550 e. The number of rotatable bonds is 9. The van der Waals surface area contributed by atoms with Gasteiger partial charge in [-0.25, -0.2) is 9.37 Å². The average Bonchev–Trinajstić information content (AvgIpc) is 3.61. The van der Waals surface area contributed by atoms with E-state index in [1.807, 2.05) is 6.07 Å². The number of pyridine rings is 1. The summed E-state index contributed by atoms with van der Waals surface area (Å²) in [5.41, 5.74) is 5.71. The topological polar surface area (TPSA) is 74.7 Å². The van der Waals surface area contributed by atoms with E-state index >= 15 is 4.39 Å². The number of likely N-dealkylation sites (tertiary alicyclic amines) is 1. The Morgan fingerprint density at radius 2 is 1.95 bits per heavy atom. The minimum Gasteiger partial charge on any atom is -0.550 e.